The number of aryl methyl sites for hydroxylation is 1. The van der Waals surface area contributed by atoms with Crippen LogP contribution in [0.2, 0.25) is 0 Å². The summed E-state index contributed by atoms with van der Waals surface area (Å²) in [5.74, 6) is -0.305. The van der Waals surface area contributed by atoms with Crippen LogP contribution < -0.4 is 4.74 Å². The van der Waals surface area contributed by atoms with Crippen molar-refractivity contribution in [2.24, 2.45) is 0 Å². The molecule has 0 unspecified atom stereocenters. The van der Waals surface area contributed by atoms with E-state index in [2.05, 4.69) is 0 Å². The Balaban J connectivity index is 2.03. The fourth-order valence-corrected chi connectivity index (χ4v) is 2.67. The maximum absolute atomic E-state index is 11.1. The Hall–Kier alpha value is -2.17. The predicted molar refractivity (Wildman–Crippen MR) is 99.1 cm³/mol. The van der Waals surface area contributed by atoms with E-state index in [0.717, 1.165) is 34.3 Å². The van der Waals surface area contributed by atoms with Crippen molar-refractivity contribution in [3.8, 4) is 16.9 Å². The standard InChI is InChI=1S/C21H26O4/c1-15-13-18(24-11-6-12-25-21(3,4)23)9-10-19(15)20-8-5-7-17(14-22)16(20)2/h5,7-10,13-14,23H,6,11-12H2,1-4H3. The molecule has 0 saturated carbocycles. The van der Waals surface area contributed by atoms with Crippen LogP contribution in [0.1, 0.15) is 41.8 Å². The first kappa shape index (κ1) is 19.2. The van der Waals surface area contributed by atoms with Gasteiger partial charge >= 0.3 is 0 Å². The summed E-state index contributed by atoms with van der Waals surface area (Å²) in [4.78, 5) is 11.1. The number of benzene rings is 2. The molecule has 0 atom stereocenters. The SMILES string of the molecule is Cc1cc(OCCCOC(C)(C)O)ccc1-c1cccc(C=O)c1C. The second kappa shape index (κ2) is 8.28. The molecule has 4 heteroatoms. The average molecular weight is 342 g/mol. The summed E-state index contributed by atoms with van der Waals surface area (Å²) in [6.07, 6.45) is 1.59. The van der Waals surface area contributed by atoms with Crippen molar-refractivity contribution in [2.75, 3.05) is 13.2 Å². The zero-order valence-electron chi connectivity index (χ0n) is 15.3. The summed E-state index contributed by atoms with van der Waals surface area (Å²) in [5, 5.41) is 9.48. The van der Waals surface area contributed by atoms with E-state index in [-0.39, 0.29) is 0 Å². The van der Waals surface area contributed by atoms with Crippen LogP contribution in [0.4, 0.5) is 0 Å². The summed E-state index contributed by atoms with van der Waals surface area (Å²) >= 11 is 0. The Morgan fingerprint density at radius 2 is 1.84 bits per heavy atom. The van der Waals surface area contributed by atoms with Gasteiger partial charge in [-0.15, -0.1) is 0 Å². The Kier molecular flexibility index (Phi) is 6.34. The lowest BCUT2D eigenvalue weighted by Crippen LogP contribution is -2.24. The predicted octanol–water partition coefficient (Wildman–Crippen LogP) is 4.30. The summed E-state index contributed by atoms with van der Waals surface area (Å²) < 4.78 is 11.0. The smallest absolute Gasteiger partial charge is 0.159 e. The zero-order chi connectivity index (χ0) is 18.4. The lowest BCUT2D eigenvalue weighted by molar-refractivity contribution is -0.176. The quantitative estimate of drug-likeness (QED) is 0.441. The maximum Gasteiger partial charge on any atom is 0.159 e. The normalized spacial score (nSPS) is 11.4. The van der Waals surface area contributed by atoms with Gasteiger partial charge in [-0.05, 0) is 62.1 Å². The second-order valence-electron chi connectivity index (χ2n) is 6.61. The van der Waals surface area contributed by atoms with Crippen molar-refractivity contribution in [1.82, 2.24) is 0 Å². The highest BCUT2D eigenvalue weighted by Crippen LogP contribution is 2.30. The van der Waals surface area contributed by atoms with Gasteiger partial charge in [0.25, 0.3) is 0 Å². The number of ether oxygens (including phenoxy) is 2. The van der Waals surface area contributed by atoms with Gasteiger partial charge < -0.3 is 14.6 Å². The third kappa shape index (κ3) is 5.41. The van der Waals surface area contributed by atoms with Crippen LogP contribution in [0.25, 0.3) is 11.1 Å². The van der Waals surface area contributed by atoms with Crippen LogP contribution in [0.3, 0.4) is 0 Å². The molecular formula is C21H26O4. The highest BCUT2D eigenvalue weighted by Gasteiger charge is 2.12. The molecule has 2 aromatic rings. The number of hydrogen-bond donors (Lipinski definition) is 1. The number of rotatable bonds is 8. The first-order valence-corrected chi connectivity index (χ1v) is 8.47. The highest BCUT2D eigenvalue weighted by molar-refractivity contribution is 5.83. The molecule has 0 aliphatic carbocycles. The Morgan fingerprint density at radius 1 is 1.08 bits per heavy atom. The van der Waals surface area contributed by atoms with Gasteiger partial charge in [-0.25, -0.2) is 0 Å². The third-order valence-corrected chi connectivity index (χ3v) is 4.00. The molecule has 0 spiro atoms. The summed E-state index contributed by atoms with van der Waals surface area (Å²) in [6, 6.07) is 11.7. The molecule has 1 N–H and O–H groups in total. The molecule has 2 rings (SSSR count). The van der Waals surface area contributed by atoms with Crippen LogP contribution in [-0.4, -0.2) is 30.4 Å². The lowest BCUT2D eigenvalue weighted by atomic mass is 9.94. The Bertz CT molecular complexity index is 729. The Morgan fingerprint density at radius 3 is 2.48 bits per heavy atom. The van der Waals surface area contributed by atoms with E-state index in [9.17, 15) is 9.90 Å². The van der Waals surface area contributed by atoms with E-state index < -0.39 is 5.79 Å². The average Bonchev–Trinajstić information content (AvgIpc) is 2.54. The van der Waals surface area contributed by atoms with Gasteiger partial charge in [0.1, 0.15) is 12.0 Å². The minimum atomic E-state index is -1.11. The number of carbonyl (C=O) groups excluding carboxylic acids is 1. The minimum Gasteiger partial charge on any atom is -0.493 e. The van der Waals surface area contributed by atoms with Gasteiger partial charge in [0.15, 0.2) is 5.79 Å². The van der Waals surface area contributed by atoms with E-state index >= 15 is 0 Å². The fourth-order valence-electron chi connectivity index (χ4n) is 2.67. The molecule has 0 aliphatic rings. The molecule has 4 nitrogen and oxygen atoms in total. The zero-order valence-corrected chi connectivity index (χ0v) is 15.3. The lowest BCUT2D eigenvalue weighted by Gasteiger charge is -2.18. The molecular weight excluding hydrogens is 316 g/mol. The second-order valence-corrected chi connectivity index (χ2v) is 6.61. The van der Waals surface area contributed by atoms with Crippen molar-refractivity contribution in [3.63, 3.8) is 0 Å². The van der Waals surface area contributed by atoms with E-state index in [1.54, 1.807) is 13.8 Å². The van der Waals surface area contributed by atoms with Gasteiger partial charge in [-0.1, -0.05) is 24.3 Å². The monoisotopic (exact) mass is 342 g/mol. The molecule has 0 saturated heterocycles. The van der Waals surface area contributed by atoms with Crippen LogP contribution in [0, 0.1) is 13.8 Å². The van der Waals surface area contributed by atoms with E-state index in [1.165, 1.54) is 0 Å². The van der Waals surface area contributed by atoms with E-state index in [4.69, 9.17) is 9.47 Å². The number of aliphatic hydroxyl groups is 1. The molecule has 0 fully saturated rings. The van der Waals surface area contributed by atoms with E-state index in [1.807, 2.05) is 50.2 Å². The van der Waals surface area contributed by atoms with Crippen LogP contribution >= 0.6 is 0 Å². The molecule has 0 bridgehead atoms. The number of carbonyl (C=O) groups is 1. The molecule has 0 heterocycles. The number of hydrogen-bond acceptors (Lipinski definition) is 4. The third-order valence-electron chi connectivity index (χ3n) is 4.00. The topological polar surface area (TPSA) is 55.8 Å². The van der Waals surface area contributed by atoms with Gasteiger partial charge in [0.2, 0.25) is 0 Å². The largest absolute Gasteiger partial charge is 0.493 e. The Labute approximate surface area is 149 Å². The summed E-state index contributed by atoms with van der Waals surface area (Å²) in [6.45, 7) is 8.18. The van der Waals surface area contributed by atoms with Crippen molar-refractivity contribution < 1.29 is 19.4 Å². The summed E-state index contributed by atoms with van der Waals surface area (Å²) in [5.41, 5.74) is 4.95. The highest BCUT2D eigenvalue weighted by atomic mass is 16.6. The molecule has 0 radical (unpaired) electrons. The molecule has 2 aromatic carbocycles. The van der Waals surface area contributed by atoms with Gasteiger partial charge in [-0.3, -0.25) is 4.79 Å². The first-order chi connectivity index (χ1) is 11.8. The molecule has 25 heavy (non-hydrogen) atoms. The van der Waals surface area contributed by atoms with Crippen molar-refractivity contribution in [2.45, 2.75) is 39.9 Å². The fraction of sp³-hybridized carbons (Fsp3) is 0.381. The maximum atomic E-state index is 11.1. The van der Waals surface area contributed by atoms with E-state index in [0.29, 0.717) is 25.2 Å². The van der Waals surface area contributed by atoms with Crippen LogP contribution in [0.5, 0.6) is 5.75 Å². The van der Waals surface area contributed by atoms with Gasteiger partial charge in [0.05, 0.1) is 13.2 Å². The number of aldehydes is 1. The van der Waals surface area contributed by atoms with Crippen molar-refractivity contribution in [1.29, 1.82) is 0 Å². The minimum absolute atomic E-state index is 0.443. The summed E-state index contributed by atoms with van der Waals surface area (Å²) in [7, 11) is 0. The first-order valence-electron chi connectivity index (χ1n) is 8.47. The van der Waals surface area contributed by atoms with Gasteiger partial charge in [0, 0.05) is 12.0 Å². The molecule has 0 amide bonds. The molecule has 134 valence electrons. The van der Waals surface area contributed by atoms with Crippen LogP contribution in [0.15, 0.2) is 36.4 Å². The van der Waals surface area contributed by atoms with Crippen LogP contribution in [-0.2, 0) is 4.74 Å². The van der Waals surface area contributed by atoms with Crippen molar-refractivity contribution in [3.05, 3.63) is 53.1 Å². The molecule has 0 aliphatic heterocycles. The van der Waals surface area contributed by atoms with Gasteiger partial charge in [-0.2, -0.15) is 0 Å². The molecule has 0 aromatic heterocycles. The van der Waals surface area contributed by atoms with Crippen molar-refractivity contribution >= 4 is 6.29 Å².